The third kappa shape index (κ3) is 6.04. The molecule has 0 aliphatic heterocycles. The first-order valence-corrected chi connectivity index (χ1v) is 7.85. The number of carbonyl (C=O) groups is 1. The molecule has 0 aliphatic carbocycles. The van der Waals surface area contributed by atoms with Crippen molar-refractivity contribution in [1.29, 1.82) is 0 Å². The zero-order valence-corrected chi connectivity index (χ0v) is 15.2. The second-order valence-electron chi connectivity index (χ2n) is 5.52. The lowest BCUT2D eigenvalue weighted by Gasteiger charge is -2.18. The molecule has 0 saturated heterocycles. The van der Waals surface area contributed by atoms with Gasteiger partial charge in [-0.2, -0.15) is 0 Å². The molecule has 0 radical (unpaired) electrons. The van der Waals surface area contributed by atoms with Gasteiger partial charge in [-0.05, 0) is 37.6 Å². The molecule has 3 N–H and O–H groups in total. The topological polar surface area (TPSA) is 64.4 Å². The number of hydrogen-bond acceptors (Lipinski definition) is 3. The predicted octanol–water partition coefficient (Wildman–Crippen LogP) is 3.65. The Bertz CT molecular complexity index is 662. The quantitative estimate of drug-likeness (QED) is 0.817. The lowest BCUT2D eigenvalue weighted by Crippen LogP contribution is -2.39. The van der Waals surface area contributed by atoms with Gasteiger partial charge in [0.25, 0.3) is 0 Å². The molecule has 6 heteroatoms. The van der Waals surface area contributed by atoms with Gasteiger partial charge in [-0.15, -0.1) is 12.4 Å². The van der Waals surface area contributed by atoms with E-state index < -0.39 is 6.04 Å². The molecular weight excluding hydrogens is 347 g/mol. The SMILES string of the molecule is Cc1ccc(C(N)C(=O)NCC(C)Oc2cccc(Cl)c2)cc1.Cl. The number of halogens is 2. The minimum atomic E-state index is -0.686. The van der Waals surface area contributed by atoms with Gasteiger partial charge >= 0.3 is 0 Å². The second kappa shape index (κ2) is 9.52. The first-order chi connectivity index (χ1) is 11.0. The van der Waals surface area contributed by atoms with Crippen LogP contribution in [-0.2, 0) is 4.79 Å². The zero-order chi connectivity index (χ0) is 16.8. The van der Waals surface area contributed by atoms with E-state index in [0.29, 0.717) is 17.3 Å². The van der Waals surface area contributed by atoms with E-state index in [9.17, 15) is 4.79 Å². The fourth-order valence-electron chi connectivity index (χ4n) is 2.09. The number of benzene rings is 2. The number of nitrogens with one attached hydrogen (secondary N) is 1. The van der Waals surface area contributed by atoms with Crippen LogP contribution in [0.5, 0.6) is 5.75 Å². The molecule has 2 aromatic rings. The van der Waals surface area contributed by atoms with E-state index in [1.807, 2.05) is 50.2 Å². The molecule has 0 fully saturated rings. The van der Waals surface area contributed by atoms with Crippen molar-refractivity contribution >= 4 is 29.9 Å². The van der Waals surface area contributed by atoms with Crippen molar-refractivity contribution in [3.8, 4) is 5.75 Å². The smallest absolute Gasteiger partial charge is 0.241 e. The van der Waals surface area contributed by atoms with Crippen LogP contribution >= 0.6 is 24.0 Å². The van der Waals surface area contributed by atoms with E-state index >= 15 is 0 Å². The molecule has 2 aromatic carbocycles. The molecule has 2 atom stereocenters. The average molecular weight is 369 g/mol. The number of carbonyl (C=O) groups excluding carboxylic acids is 1. The van der Waals surface area contributed by atoms with Crippen LogP contribution in [0.2, 0.25) is 5.02 Å². The lowest BCUT2D eigenvalue weighted by atomic mass is 10.1. The molecule has 130 valence electrons. The maximum Gasteiger partial charge on any atom is 0.241 e. The maximum atomic E-state index is 12.1. The van der Waals surface area contributed by atoms with Crippen LogP contribution in [0.4, 0.5) is 0 Å². The summed E-state index contributed by atoms with van der Waals surface area (Å²) in [6.45, 7) is 4.23. The summed E-state index contributed by atoms with van der Waals surface area (Å²) in [5.74, 6) is 0.442. The fourth-order valence-corrected chi connectivity index (χ4v) is 2.27. The summed E-state index contributed by atoms with van der Waals surface area (Å²) in [6.07, 6.45) is -0.192. The molecule has 0 heterocycles. The highest BCUT2D eigenvalue weighted by atomic mass is 35.5. The highest BCUT2D eigenvalue weighted by Gasteiger charge is 2.16. The number of ether oxygens (including phenoxy) is 1. The Morgan fingerprint density at radius 2 is 1.92 bits per heavy atom. The highest BCUT2D eigenvalue weighted by Crippen LogP contribution is 2.18. The van der Waals surface area contributed by atoms with Crippen LogP contribution < -0.4 is 15.8 Å². The van der Waals surface area contributed by atoms with Gasteiger partial charge in [0.05, 0.1) is 6.54 Å². The van der Waals surface area contributed by atoms with E-state index in [4.69, 9.17) is 22.1 Å². The Kier molecular flexibility index (Phi) is 8.05. The van der Waals surface area contributed by atoms with E-state index in [2.05, 4.69) is 5.32 Å². The van der Waals surface area contributed by atoms with Crippen molar-refractivity contribution in [1.82, 2.24) is 5.32 Å². The number of rotatable bonds is 6. The van der Waals surface area contributed by atoms with Crippen molar-refractivity contribution in [2.24, 2.45) is 5.73 Å². The predicted molar refractivity (Wildman–Crippen MR) is 99.9 cm³/mol. The molecule has 0 saturated carbocycles. The van der Waals surface area contributed by atoms with Gasteiger partial charge in [-0.25, -0.2) is 0 Å². The molecule has 0 aliphatic rings. The first kappa shape index (κ1) is 20.3. The summed E-state index contributed by atoms with van der Waals surface area (Å²) in [7, 11) is 0. The second-order valence-corrected chi connectivity index (χ2v) is 5.96. The lowest BCUT2D eigenvalue weighted by molar-refractivity contribution is -0.122. The van der Waals surface area contributed by atoms with Gasteiger partial charge in [0.15, 0.2) is 0 Å². The van der Waals surface area contributed by atoms with Crippen LogP contribution in [0.15, 0.2) is 48.5 Å². The van der Waals surface area contributed by atoms with E-state index in [1.165, 1.54) is 0 Å². The normalized spacial score (nSPS) is 12.7. The number of nitrogens with two attached hydrogens (primary N) is 1. The minimum absolute atomic E-state index is 0. The van der Waals surface area contributed by atoms with Crippen molar-refractivity contribution in [3.63, 3.8) is 0 Å². The highest BCUT2D eigenvalue weighted by molar-refractivity contribution is 6.30. The fraction of sp³-hybridized carbons (Fsp3) is 0.278. The van der Waals surface area contributed by atoms with Gasteiger partial charge < -0.3 is 15.8 Å². The van der Waals surface area contributed by atoms with Crippen molar-refractivity contribution in [3.05, 3.63) is 64.7 Å². The molecule has 1 amide bonds. The largest absolute Gasteiger partial charge is 0.489 e. The van der Waals surface area contributed by atoms with Gasteiger partial charge in [0.2, 0.25) is 5.91 Å². The van der Waals surface area contributed by atoms with E-state index in [-0.39, 0.29) is 24.4 Å². The molecule has 0 spiro atoms. The molecule has 0 bridgehead atoms. The number of amides is 1. The molecule has 2 unspecified atom stereocenters. The first-order valence-electron chi connectivity index (χ1n) is 7.48. The summed E-state index contributed by atoms with van der Waals surface area (Å²) in [5, 5.41) is 3.42. The van der Waals surface area contributed by atoms with Gasteiger partial charge in [0.1, 0.15) is 17.9 Å². The molecule has 24 heavy (non-hydrogen) atoms. The zero-order valence-electron chi connectivity index (χ0n) is 13.7. The van der Waals surface area contributed by atoms with Gasteiger partial charge in [-0.1, -0.05) is 47.5 Å². The molecular formula is C18H22Cl2N2O2. The summed E-state index contributed by atoms with van der Waals surface area (Å²) in [6, 6.07) is 14.1. The maximum absolute atomic E-state index is 12.1. The Morgan fingerprint density at radius 3 is 2.54 bits per heavy atom. The van der Waals surface area contributed by atoms with Crippen LogP contribution in [0.3, 0.4) is 0 Å². The van der Waals surface area contributed by atoms with Crippen molar-refractivity contribution in [2.75, 3.05) is 6.54 Å². The molecule has 2 rings (SSSR count). The van der Waals surface area contributed by atoms with Crippen molar-refractivity contribution in [2.45, 2.75) is 26.0 Å². The summed E-state index contributed by atoms with van der Waals surface area (Å²) in [4.78, 5) is 12.1. The van der Waals surface area contributed by atoms with Gasteiger partial charge in [0, 0.05) is 5.02 Å². The molecule has 4 nitrogen and oxygen atoms in total. The van der Waals surface area contributed by atoms with E-state index in [1.54, 1.807) is 12.1 Å². The Hall–Kier alpha value is -1.75. The Labute approximate surface area is 153 Å². The Morgan fingerprint density at radius 1 is 1.25 bits per heavy atom. The average Bonchev–Trinajstić information content (AvgIpc) is 2.52. The number of hydrogen-bond donors (Lipinski definition) is 2. The number of aryl methyl sites for hydroxylation is 1. The summed E-state index contributed by atoms with van der Waals surface area (Å²) in [5.41, 5.74) is 7.89. The van der Waals surface area contributed by atoms with Crippen molar-refractivity contribution < 1.29 is 9.53 Å². The molecule has 0 aromatic heterocycles. The third-order valence-corrected chi connectivity index (χ3v) is 3.65. The van der Waals surface area contributed by atoms with Gasteiger partial charge in [-0.3, -0.25) is 4.79 Å². The Balaban J connectivity index is 0.00000288. The van der Waals surface area contributed by atoms with Crippen LogP contribution in [0.25, 0.3) is 0 Å². The van der Waals surface area contributed by atoms with Crippen LogP contribution in [0, 0.1) is 6.92 Å². The van der Waals surface area contributed by atoms with E-state index in [0.717, 1.165) is 11.1 Å². The summed E-state index contributed by atoms with van der Waals surface area (Å²) >= 11 is 5.91. The third-order valence-electron chi connectivity index (χ3n) is 3.42. The summed E-state index contributed by atoms with van der Waals surface area (Å²) < 4.78 is 5.71. The minimum Gasteiger partial charge on any atom is -0.489 e. The monoisotopic (exact) mass is 368 g/mol. The standard InChI is InChI=1S/C18H21ClN2O2.ClH/c1-12-6-8-14(9-7-12)17(20)18(22)21-11-13(2)23-16-5-3-4-15(19)10-16;/h3-10,13,17H,11,20H2,1-2H3,(H,21,22);1H. The van der Waals surface area contributed by atoms with Crippen LogP contribution in [0.1, 0.15) is 24.1 Å². The van der Waals surface area contributed by atoms with Crippen LogP contribution in [-0.4, -0.2) is 18.6 Å².